The smallest absolute Gasteiger partial charge is 0.318 e. The molecule has 0 aliphatic carbocycles. The predicted octanol–water partition coefficient (Wildman–Crippen LogP) is -0.255. The van der Waals surface area contributed by atoms with Crippen LogP contribution in [0.4, 0.5) is 0 Å². The molecule has 1 saturated heterocycles. The van der Waals surface area contributed by atoms with E-state index in [4.69, 9.17) is 5.73 Å². The number of methoxy groups -OCH3 is 1. The molecule has 0 aromatic rings. The Morgan fingerprint density at radius 2 is 2.40 bits per heavy atom. The van der Waals surface area contributed by atoms with E-state index in [0.29, 0.717) is 19.5 Å². The molecule has 1 amide bonds. The minimum atomic E-state index is -0.623. The van der Waals surface area contributed by atoms with Crippen LogP contribution in [0.1, 0.15) is 19.8 Å². The van der Waals surface area contributed by atoms with Gasteiger partial charge in [-0.05, 0) is 19.8 Å². The van der Waals surface area contributed by atoms with Crippen LogP contribution in [0, 0.1) is 5.92 Å². The van der Waals surface area contributed by atoms with Gasteiger partial charge >= 0.3 is 5.97 Å². The molecule has 15 heavy (non-hydrogen) atoms. The highest BCUT2D eigenvalue weighted by atomic mass is 16.5. The Kier molecular flexibility index (Phi) is 4.08. The van der Waals surface area contributed by atoms with Crippen molar-refractivity contribution < 1.29 is 14.3 Å². The van der Waals surface area contributed by atoms with E-state index < -0.39 is 11.9 Å². The van der Waals surface area contributed by atoms with Crippen LogP contribution in [0.5, 0.6) is 0 Å². The normalized spacial score (nSPS) is 23.8. The molecule has 5 nitrogen and oxygen atoms in total. The van der Waals surface area contributed by atoms with Gasteiger partial charge in [0, 0.05) is 19.1 Å². The summed E-state index contributed by atoms with van der Waals surface area (Å²) < 4.78 is 4.60. The first-order chi connectivity index (χ1) is 7.06. The molecule has 5 heteroatoms. The summed E-state index contributed by atoms with van der Waals surface area (Å²) >= 11 is 0. The number of esters is 1. The molecule has 1 unspecified atom stereocenters. The third-order valence-corrected chi connectivity index (χ3v) is 2.52. The summed E-state index contributed by atoms with van der Waals surface area (Å²) in [7, 11) is 1.31. The van der Waals surface area contributed by atoms with Crippen molar-refractivity contribution in [2.75, 3.05) is 20.2 Å². The van der Waals surface area contributed by atoms with Crippen molar-refractivity contribution in [3.05, 3.63) is 0 Å². The summed E-state index contributed by atoms with van der Waals surface area (Å²) in [5.41, 5.74) is 5.63. The van der Waals surface area contributed by atoms with E-state index in [1.165, 1.54) is 7.11 Å². The first-order valence-corrected chi connectivity index (χ1v) is 5.18. The minimum absolute atomic E-state index is 0.0645. The highest BCUT2D eigenvalue weighted by molar-refractivity contribution is 5.98. The van der Waals surface area contributed by atoms with Crippen LogP contribution in [0.15, 0.2) is 0 Å². The van der Waals surface area contributed by atoms with Gasteiger partial charge in [-0.2, -0.15) is 0 Å². The van der Waals surface area contributed by atoms with Crippen LogP contribution < -0.4 is 5.73 Å². The van der Waals surface area contributed by atoms with E-state index >= 15 is 0 Å². The van der Waals surface area contributed by atoms with Crippen LogP contribution >= 0.6 is 0 Å². The van der Waals surface area contributed by atoms with Gasteiger partial charge < -0.3 is 15.4 Å². The quantitative estimate of drug-likeness (QED) is 0.519. The summed E-state index contributed by atoms with van der Waals surface area (Å²) in [6, 6.07) is -0.0645. The molecule has 1 aliphatic heterocycles. The van der Waals surface area contributed by atoms with Crippen molar-refractivity contribution in [3.63, 3.8) is 0 Å². The Hall–Kier alpha value is -1.10. The van der Waals surface area contributed by atoms with Gasteiger partial charge in [-0.1, -0.05) is 0 Å². The van der Waals surface area contributed by atoms with Crippen molar-refractivity contribution in [2.24, 2.45) is 11.7 Å². The molecule has 0 aromatic carbocycles. The molecule has 1 heterocycles. The molecule has 0 radical (unpaired) electrons. The second-order valence-corrected chi connectivity index (χ2v) is 3.98. The molecular weight excluding hydrogens is 196 g/mol. The average Bonchev–Trinajstić information content (AvgIpc) is 2.19. The summed E-state index contributed by atoms with van der Waals surface area (Å²) in [6.45, 7) is 3.04. The summed E-state index contributed by atoms with van der Waals surface area (Å²) in [5.74, 6) is -1.21. The molecule has 2 N–H and O–H groups in total. The topological polar surface area (TPSA) is 72.6 Å². The number of hydrogen-bond acceptors (Lipinski definition) is 4. The van der Waals surface area contributed by atoms with Gasteiger partial charge in [0.1, 0.15) is 5.92 Å². The number of piperidine rings is 1. The van der Waals surface area contributed by atoms with E-state index in [1.807, 2.05) is 6.92 Å². The van der Waals surface area contributed by atoms with Crippen molar-refractivity contribution in [1.82, 2.24) is 4.90 Å². The molecule has 1 rings (SSSR count). The number of nitrogens with two attached hydrogens (primary N) is 1. The lowest BCUT2D eigenvalue weighted by Gasteiger charge is -2.32. The van der Waals surface area contributed by atoms with Gasteiger partial charge in [0.2, 0.25) is 5.91 Å². The van der Waals surface area contributed by atoms with Gasteiger partial charge in [0.05, 0.1) is 7.11 Å². The lowest BCUT2D eigenvalue weighted by Crippen LogP contribution is -2.48. The molecule has 1 aliphatic rings. The van der Waals surface area contributed by atoms with Gasteiger partial charge in [-0.3, -0.25) is 9.59 Å². The number of hydrogen-bond donors (Lipinski definition) is 1. The fourth-order valence-electron chi connectivity index (χ4n) is 1.83. The van der Waals surface area contributed by atoms with Crippen molar-refractivity contribution >= 4 is 11.9 Å². The number of carbonyl (C=O) groups excluding carboxylic acids is 2. The van der Waals surface area contributed by atoms with Gasteiger partial charge in [-0.15, -0.1) is 0 Å². The third-order valence-electron chi connectivity index (χ3n) is 2.52. The molecule has 0 saturated carbocycles. The molecule has 0 spiro atoms. The van der Waals surface area contributed by atoms with Crippen LogP contribution in [-0.4, -0.2) is 43.0 Å². The summed E-state index contributed by atoms with van der Waals surface area (Å²) in [4.78, 5) is 24.8. The number of likely N-dealkylation sites (tertiary alicyclic amines) is 1. The lowest BCUT2D eigenvalue weighted by molar-refractivity contribution is -0.156. The highest BCUT2D eigenvalue weighted by Gasteiger charge is 2.34. The Balaban J connectivity index is 2.62. The lowest BCUT2D eigenvalue weighted by atomic mass is 9.97. The molecule has 86 valence electrons. The van der Waals surface area contributed by atoms with E-state index in [0.717, 1.165) is 6.42 Å². The van der Waals surface area contributed by atoms with Crippen LogP contribution in [-0.2, 0) is 14.3 Å². The number of rotatable bonds is 3. The number of nitrogens with zero attached hydrogens (tertiary/aromatic N) is 1. The number of carbonyl (C=O) groups is 2. The fraction of sp³-hybridized carbons (Fsp3) is 0.800. The zero-order valence-electron chi connectivity index (χ0n) is 9.23. The Morgan fingerprint density at radius 3 is 2.93 bits per heavy atom. The van der Waals surface area contributed by atoms with E-state index in [2.05, 4.69) is 4.74 Å². The zero-order valence-corrected chi connectivity index (χ0v) is 9.23. The number of ether oxygens (including phenoxy) is 1. The van der Waals surface area contributed by atoms with Gasteiger partial charge in [0.15, 0.2) is 0 Å². The largest absolute Gasteiger partial charge is 0.468 e. The fourth-order valence-corrected chi connectivity index (χ4v) is 1.83. The van der Waals surface area contributed by atoms with Crippen molar-refractivity contribution in [1.29, 1.82) is 0 Å². The maximum atomic E-state index is 11.8. The summed E-state index contributed by atoms with van der Waals surface area (Å²) in [6.07, 6.45) is 1.42. The zero-order chi connectivity index (χ0) is 11.4. The molecule has 0 aromatic heterocycles. The standard InChI is InChI=1S/C10H18N2O3/c1-7(11)6-12-5-3-4-8(9(12)13)10(14)15-2/h7-8H,3-6,11H2,1-2H3/t7?,8-/m0/s1. The molecular formula is C10H18N2O3. The van der Waals surface area contributed by atoms with E-state index in [1.54, 1.807) is 4.90 Å². The number of amides is 1. The maximum Gasteiger partial charge on any atom is 0.318 e. The van der Waals surface area contributed by atoms with Gasteiger partial charge in [0.25, 0.3) is 0 Å². The molecule has 1 fully saturated rings. The second-order valence-electron chi connectivity index (χ2n) is 3.98. The first-order valence-electron chi connectivity index (χ1n) is 5.18. The van der Waals surface area contributed by atoms with Crippen LogP contribution in [0.3, 0.4) is 0 Å². The van der Waals surface area contributed by atoms with Crippen molar-refractivity contribution in [3.8, 4) is 0 Å². The minimum Gasteiger partial charge on any atom is -0.468 e. The van der Waals surface area contributed by atoms with Crippen molar-refractivity contribution in [2.45, 2.75) is 25.8 Å². The Labute approximate surface area is 89.6 Å². The van der Waals surface area contributed by atoms with Crippen LogP contribution in [0.25, 0.3) is 0 Å². The van der Waals surface area contributed by atoms with E-state index in [9.17, 15) is 9.59 Å². The average molecular weight is 214 g/mol. The first kappa shape index (κ1) is 12.0. The maximum absolute atomic E-state index is 11.8. The Bertz CT molecular complexity index is 253. The van der Waals surface area contributed by atoms with E-state index in [-0.39, 0.29) is 11.9 Å². The summed E-state index contributed by atoms with van der Waals surface area (Å²) in [5, 5.41) is 0. The monoisotopic (exact) mass is 214 g/mol. The third kappa shape index (κ3) is 2.92. The van der Waals surface area contributed by atoms with Crippen LogP contribution in [0.2, 0.25) is 0 Å². The highest BCUT2D eigenvalue weighted by Crippen LogP contribution is 2.19. The predicted molar refractivity (Wildman–Crippen MR) is 55.0 cm³/mol. The molecule has 0 bridgehead atoms. The SMILES string of the molecule is COC(=O)[C@H]1CCCN(CC(C)N)C1=O. The second kappa shape index (κ2) is 5.11. The van der Waals surface area contributed by atoms with Gasteiger partial charge in [-0.25, -0.2) is 0 Å². The molecule has 2 atom stereocenters. The Morgan fingerprint density at radius 1 is 1.73 bits per heavy atom.